The van der Waals surface area contributed by atoms with Gasteiger partial charge in [0.15, 0.2) is 0 Å². The summed E-state index contributed by atoms with van der Waals surface area (Å²) in [5.41, 5.74) is 0.767. The molecule has 0 unspecified atom stereocenters. The van der Waals surface area contributed by atoms with Crippen molar-refractivity contribution in [1.82, 2.24) is 9.47 Å². The zero-order valence-electron chi connectivity index (χ0n) is 13.4. The molecule has 1 amide bonds. The van der Waals surface area contributed by atoms with Gasteiger partial charge in [-0.1, -0.05) is 17.7 Å². The maximum absolute atomic E-state index is 12.6. The molecule has 1 N–H and O–H groups in total. The van der Waals surface area contributed by atoms with Crippen LogP contribution >= 0.6 is 11.6 Å². The van der Waals surface area contributed by atoms with Gasteiger partial charge in [0.2, 0.25) is 0 Å². The van der Waals surface area contributed by atoms with Gasteiger partial charge in [-0.25, -0.2) is 8.42 Å². The van der Waals surface area contributed by atoms with Crippen LogP contribution in [0.25, 0.3) is 0 Å². The molecule has 24 heavy (non-hydrogen) atoms. The van der Waals surface area contributed by atoms with Crippen LogP contribution in [0, 0.1) is 0 Å². The van der Waals surface area contributed by atoms with E-state index in [1.54, 1.807) is 27.7 Å². The van der Waals surface area contributed by atoms with Gasteiger partial charge in [0.1, 0.15) is 10.6 Å². The first-order chi connectivity index (χ1) is 11.3. The number of hydrogen-bond donors (Lipinski definition) is 1. The third kappa shape index (κ3) is 3.14. The third-order valence-corrected chi connectivity index (χ3v) is 5.53. The number of nitrogens with zero attached hydrogens (tertiary/aromatic N) is 2. The first-order valence-electron chi connectivity index (χ1n) is 7.57. The quantitative estimate of drug-likeness (QED) is 0.903. The monoisotopic (exact) mass is 367 g/mol. The molecule has 3 rings (SSSR count). The minimum atomic E-state index is -3.79. The predicted octanol–water partition coefficient (Wildman–Crippen LogP) is 2.81. The van der Waals surface area contributed by atoms with Crippen LogP contribution in [0.5, 0.6) is 0 Å². The summed E-state index contributed by atoms with van der Waals surface area (Å²) in [4.78, 5) is 14.3. The number of hydrogen-bond acceptors (Lipinski definition) is 3. The maximum atomic E-state index is 12.6. The van der Waals surface area contributed by atoms with Crippen LogP contribution in [-0.2, 0) is 16.6 Å². The number of halogens is 1. The molecule has 0 spiro atoms. The van der Waals surface area contributed by atoms with Crippen molar-refractivity contribution in [2.75, 3.05) is 11.3 Å². The Morgan fingerprint density at radius 3 is 2.62 bits per heavy atom. The van der Waals surface area contributed by atoms with Gasteiger partial charge < -0.3 is 9.47 Å². The highest BCUT2D eigenvalue weighted by molar-refractivity contribution is 7.92. The Kier molecular flexibility index (Phi) is 4.31. The van der Waals surface area contributed by atoms with E-state index in [9.17, 15) is 13.2 Å². The summed E-state index contributed by atoms with van der Waals surface area (Å²) in [6.07, 6.45) is 1.50. The molecule has 1 aliphatic heterocycles. The number of fused-ring (bicyclic) bond motifs is 1. The highest BCUT2D eigenvalue weighted by atomic mass is 35.5. The Balaban J connectivity index is 1.91. The Hall–Kier alpha value is -1.99. The summed E-state index contributed by atoms with van der Waals surface area (Å²) in [5, 5.41) is 0.439. The molecule has 0 aliphatic carbocycles. The minimum Gasteiger partial charge on any atom is -0.340 e. The topological polar surface area (TPSA) is 71.4 Å². The lowest BCUT2D eigenvalue weighted by Gasteiger charge is -2.31. The summed E-state index contributed by atoms with van der Waals surface area (Å²) in [6.45, 7) is 5.02. The predicted molar refractivity (Wildman–Crippen MR) is 92.9 cm³/mol. The molecular weight excluding hydrogens is 350 g/mol. The lowest BCUT2D eigenvalue weighted by molar-refractivity contribution is 0.0649. The standard InChI is InChI=1S/C16H18ClN3O3S/c1-11(2)20-7-6-19-10-14(9-15(19)16(20)21)24(22,23)18-13-5-3-4-12(17)8-13/h3-5,8-11,18H,6-7H2,1-2H3. The first kappa shape index (κ1) is 16.9. The van der Waals surface area contributed by atoms with Gasteiger partial charge in [-0.05, 0) is 38.1 Å². The van der Waals surface area contributed by atoms with Crippen molar-refractivity contribution < 1.29 is 13.2 Å². The van der Waals surface area contributed by atoms with E-state index >= 15 is 0 Å². The van der Waals surface area contributed by atoms with E-state index in [0.717, 1.165) is 0 Å². The van der Waals surface area contributed by atoms with Crippen molar-refractivity contribution in [2.24, 2.45) is 0 Å². The summed E-state index contributed by atoms with van der Waals surface area (Å²) in [6, 6.07) is 7.96. The molecule has 6 nitrogen and oxygen atoms in total. The van der Waals surface area contributed by atoms with Crippen LogP contribution in [0.1, 0.15) is 24.3 Å². The van der Waals surface area contributed by atoms with Gasteiger partial charge in [-0.15, -0.1) is 0 Å². The molecule has 0 atom stereocenters. The average Bonchev–Trinajstić information content (AvgIpc) is 2.92. The molecule has 0 fully saturated rings. The fourth-order valence-electron chi connectivity index (χ4n) is 2.72. The number of amides is 1. The maximum Gasteiger partial charge on any atom is 0.270 e. The number of anilines is 1. The highest BCUT2D eigenvalue weighted by Crippen LogP contribution is 2.24. The lowest BCUT2D eigenvalue weighted by atomic mass is 10.2. The van der Waals surface area contributed by atoms with Gasteiger partial charge in [0.25, 0.3) is 15.9 Å². The average molecular weight is 368 g/mol. The third-order valence-electron chi connectivity index (χ3n) is 3.94. The number of aromatic nitrogens is 1. The minimum absolute atomic E-state index is 0.0661. The SMILES string of the molecule is CC(C)N1CCn2cc(S(=O)(=O)Nc3cccc(Cl)c3)cc2C1=O. The van der Waals surface area contributed by atoms with Crippen molar-refractivity contribution in [2.45, 2.75) is 31.3 Å². The summed E-state index contributed by atoms with van der Waals surface area (Å²) in [5.74, 6) is -0.152. The largest absolute Gasteiger partial charge is 0.340 e. The van der Waals surface area contributed by atoms with E-state index in [0.29, 0.717) is 29.5 Å². The number of nitrogens with one attached hydrogen (secondary N) is 1. The molecule has 1 aliphatic rings. The Morgan fingerprint density at radius 1 is 1.21 bits per heavy atom. The Bertz CT molecular complexity index is 890. The van der Waals surface area contributed by atoms with Crippen molar-refractivity contribution in [3.8, 4) is 0 Å². The second-order valence-corrected chi connectivity index (χ2v) is 8.08. The van der Waals surface area contributed by atoms with Crippen LogP contribution in [0.4, 0.5) is 5.69 Å². The zero-order chi connectivity index (χ0) is 17.5. The van der Waals surface area contributed by atoms with Gasteiger partial charge in [-0.3, -0.25) is 9.52 Å². The Morgan fingerprint density at radius 2 is 1.96 bits per heavy atom. The van der Waals surface area contributed by atoms with Crippen molar-refractivity contribution in [1.29, 1.82) is 0 Å². The van der Waals surface area contributed by atoms with E-state index in [1.807, 2.05) is 13.8 Å². The molecule has 2 aromatic rings. The van der Waals surface area contributed by atoms with E-state index < -0.39 is 10.0 Å². The lowest BCUT2D eigenvalue weighted by Crippen LogP contribution is -2.43. The summed E-state index contributed by atoms with van der Waals surface area (Å²) in [7, 11) is -3.79. The molecule has 1 aromatic carbocycles. The van der Waals surface area contributed by atoms with Crippen LogP contribution in [-0.4, -0.2) is 36.4 Å². The van der Waals surface area contributed by atoms with Gasteiger partial charge in [0, 0.05) is 30.4 Å². The molecule has 128 valence electrons. The molecule has 8 heteroatoms. The van der Waals surface area contributed by atoms with Crippen molar-refractivity contribution in [3.63, 3.8) is 0 Å². The van der Waals surface area contributed by atoms with Crippen molar-refractivity contribution >= 4 is 33.2 Å². The summed E-state index contributed by atoms with van der Waals surface area (Å²) >= 11 is 5.88. The first-order valence-corrected chi connectivity index (χ1v) is 9.43. The molecule has 0 saturated heterocycles. The van der Waals surface area contributed by atoms with Crippen LogP contribution < -0.4 is 4.72 Å². The number of carbonyl (C=O) groups is 1. The number of carbonyl (C=O) groups excluding carboxylic acids is 1. The fraction of sp³-hybridized carbons (Fsp3) is 0.312. The smallest absolute Gasteiger partial charge is 0.270 e. The van der Waals surface area contributed by atoms with Crippen molar-refractivity contribution in [3.05, 3.63) is 47.2 Å². The molecule has 0 radical (unpaired) electrons. The second-order valence-electron chi connectivity index (χ2n) is 5.96. The second kappa shape index (κ2) is 6.14. The molecule has 0 saturated carbocycles. The normalized spacial score (nSPS) is 14.8. The number of sulfonamides is 1. The van der Waals surface area contributed by atoms with E-state index in [1.165, 1.54) is 18.3 Å². The van der Waals surface area contributed by atoms with Gasteiger partial charge >= 0.3 is 0 Å². The van der Waals surface area contributed by atoms with Gasteiger partial charge in [0.05, 0.1) is 5.69 Å². The van der Waals surface area contributed by atoms with Crippen LogP contribution in [0.15, 0.2) is 41.4 Å². The summed E-state index contributed by atoms with van der Waals surface area (Å²) < 4.78 is 29.3. The molecule has 1 aromatic heterocycles. The molecule has 0 bridgehead atoms. The van der Waals surface area contributed by atoms with Crippen LogP contribution in [0.3, 0.4) is 0 Å². The number of benzene rings is 1. The zero-order valence-corrected chi connectivity index (χ0v) is 14.9. The fourth-order valence-corrected chi connectivity index (χ4v) is 4.00. The molecule has 2 heterocycles. The van der Waals surface area contributed by atoms with Gasteiger partial charge in [-0.2, -0.15) is 0 Å². The van der Waals surface area contributed by atoms with E-state index in [2.05, 4.69) is 4.72 Å². The highest BCUT2D eigenvalue weighted by Gasteiger charge is 2.29. The van der Waals surface area contributed by atoms with Crippen LogP contribution in [0.2, 0.25) is 5.02 Å². The molecular formula is C16H18ClN3O3S. The number of rotatable bonds is 4. The Labute approximate surface area is 146 Å². The van der Waals surface area contributed by atoms with E-state index in [4.69, 9.17) is 11.6 Å². The van der Waals surface area contributed by atoms with E-state index in [-0.39, 0.29) is 16.8 Å².